The third-order valence-corrected chi connectivity index (χ3v) is 3.75. The first-order valence-electron chi connectivity index (χ1n) is 8.05. The summed E-state index contributed by atoms with van der Waals surface area (Å²) in [6.07, 6.45) is -0.0789. The Morgan fingerprint density at radius 1 is 1.29 bits per heavy atom. The number of carbonyl (C=O) groups is 3. The molecule has 2 rings (SSSR count). The van der Waals surface area contributed by atoms with E-state index in [1.807, 2.05) is 13.8 Å². The molecule has 7 heteroatoms. The number of benzene rings is 1. The SMILES string of the molecule is CC(C)CN(CCC(=O)O)C(=O)c1ccc(N2CCNC2=O)cc1. The van der Waals surface area contributed by atoms with Crippen molar-refractivity contribution >= 4 is 23.6 Å². The second-order valence-corrected chi connectivity index (χ2v) is 6.22. The van der Waals surface area contributed by atoms with Crippen LogP contribution in [0.25, 0.3) is 0 Å². The Bertz CT molecular complexity index is 613. The van der Waals surface area contributed by atoms with Crippen LogP contribution in [0.3, 0.4) is 0 Å². The minimum atomic E-state index is -0.924. The van der Waals surface area contributed by atoms with E-state index < -0.39 is 5.97 Å². The van der Waals surface area contributed by atoms with Gasteiger partial charge < -0.3 is 15.3 Å². The number of nitrogens with one attached hydrogen (secondary N) is 1. The van der Waals surface area contributed by atoms with Crippen LogP contribution in [-0.4, -0.2) is 54.1 Å². The second-order valence-electron chi connectivity index (χ2n) is 6.22. The summed E-state index contributed by atoms with van der Waals surface area (Å²) in [5.74, 6) is -0.871. The molecular weight excluding hydrogens is 310 g/mol. The van der Waals surface area contributed by atoms with Crippen molar-refractivity contribution in [3.8, 4) is 0 Å². The number of hydrogen-bond donors (Lipinski definition) is 2. The Morgan fingerprint density at radius 2 is 1.96 bits per heavy atom. The minimum absolute atomic E-state index is 0.0789. The lowest BCUT2D eigenvalue weighted by atomic mass is 10.1. The topological polar surface area (TPSA) is 90.0 Å². The lowest BCUT2D eigenvalue weighted by Gasteiger charge is -2.24. The summed E-state index contributed by atoms with van der Waals surface area (Å²) in [6, 6.07) is 6.69. The summed E-state index contributed by atoms with van der Waals surface area (Å²) in [5, 5.41) is 11.6. The normalized spacial score (nSPS) is 14.0. The van der Waals surface area contributed by atoms with Crippen LogP contribution in [0.15, 0.2) is 24.3 Å². The van der Waals surface area contributed by atoms with E-state index in [9.17, 15) is 14.4 Å². The number of urea groups is 1. The number of aliphatic carboxylic acids is 1. The molecule has 0 radical (unpaired) electrons. The van der Waals surface area contributed by atoms with Gasteiger partial charge in [-0.2, -0.15) is 0 Å². The van der Waals surface area contributed by atoms with Gasteiger partial charge in [0.15, 0.2) is 0 Å². The number of anilines is 1. The van der Waals surface area contributed by atoms with Crippen molar-refractivity contribution in [3.05, 3.63) is 29.8 Å². The molecule has 3 amide bonds. The summed E-state index contributed by atoms with van der Waals surface area (Å²) in [5.41, 5.74) is 1.23. The van der Waals surface area contributed by atoms with Crippen LogP contribution in [-0.2, 0) is 4.79 Å². The number of carbonyl (C=O) groups excluding carboxylic acids is 2. The smallest absolute Gasteiger partial charge is 0.321 e. The average Bonchev–Trinajstić information content (AvgIpc) is 2.96. The monoisotopic (exact) mass is 333 g/mol. The van der Waals surface area contributed by atoms with Crippen LogP contribution in [0.5, 0.6) is 0 Å². The maximum Gasteiger partial charge on any atom is 0.321 e. The fourth-order valence-corrected chi connectivity index (χ4v) is 2.63. The molecule has 1 fully saturated rings. The van der Waals surface area contributed by atoms with Gasteiger partial charge in [0.25, 0.3) is 5.91 Å². The number of rotatable bonds is 7. The van der Waals surface area contributed by atoms with Gasteiger partial charge in [-0.05, 0) is 30.2 Å². The molecule has 0 unspecified atom stereocenters. The zero-order chi connectivity index (χ0) is 17.7. The number of nitrogens with zero attached hydrogens (tertiary/aromatic N) is 2. The standard InChI is InChI=1S/C17H23N3O4/c1-12(2)11-19(9-7-15(21)22)16(23)13-3-5-14(6-4-13)20-10-8-18-17(20)24/h3-6,12H,7-11H2,1-2H3,(H,18,24)(H,21,22). The van der Waals surface area contributed by atoms with Gasteiger partial charge in [-0.15, -0.1) is 0 Å². The summed E-state index contributed by atoms with van der Waals surface area (Å²) < 4.78 is 0. The average molecular weight is 333 g/mol. The van der Waals surface area contributed by atoms with Crippen molar-refractivity contribution in [2.24, 2.45) is 5.92 Å². The van der Waals surface area contributed by atoms with Crippen molar-refractivity contribution < 1.29 is 19.5 Å². The minimum Gasteiger partial charge on any atom is -0.481 e. The predicted molar refractivity (Wildman–Crippen MR) is 90.2 cm³/mol. The number of carboxylic acids is 1. The molecule has 130 valence electrons. The molecule has 1 saturated heterocycles. The zero-order valence-electron chi connectivity index (χ0n) is 14.0. The van der Waals surface area contributed by atoms with E-state index in [1.54, 1.807) is 34.1 Å². The first-order chi connectivity index (χ1) is 11.4. The number of carboxylic acid groups (broad SMARTS) is 1. The Hall–Kier alpha value is -2.57. The number of amides is 3. The van der Waals surface area contributed by atoms with Crippen LogP contribution in [0.2, 0.25) is 0 Å². The van der Waals surface area contributed by atoms with E-state index in [0.29, 0.717) is 25.2 Å². The summed E-state index contributed by atoms with van der Waals surface area (Å²) in [6.45, 7) is 5.86. The Labute approximate surface area is 141 Å². The fourth-order valence-electron chi connectivity index (χ4n) is 2.63. The Morgan fingerprint density at radius 3 is 2.46 bits per heavy atom. The highest BCUT2D eigenvalue weighted by atomic mass is 16.4. The lowest BCUT2D eigenvalue weighted by Crippen LogP contribution is -2.36. The predicted octanol–water partition coefficient (Wildman–Crippen LogP) is 1.79. The maximum absolute atomic E-state index is 12.6. The number of hydrogen-bond acceptors (Lipinski definition) is 3. The van der Waals surface area contributed by atoms with Gasteiger partial charge in [-0.1, -0.05) is 13.8 Å². The Balaban J connectivity index is 2.10. The summed E-state index contributed by atoms with van der Waals surface area (Å²) in [7, 11) is 0. The van der Waals surface area contributed by atoms with Gasteiger partial charge in [0.2, 0.25) is 0 Å². The van der Waals surface area contributed by atoms with Crippen LogP contribution < -0.4 is 10.2 Å². The quantitative estimate of drug-likeness (QED) is 0.796. The van der Waals surface area contributed by atoms with Gasteiger partial charge in [-0.25, -0.2) is 4.79 Å². The van der Waals surface area contributed by atoms with Gasteiger partial charge in [0, 0.05) is 37.4 Å². The molecule has 0 saturated carbocycles. The van der Waals surface area contributed by atoms with E-state index in [1.165, 1.54) is 0 Å². The first kappa shape index (κ1) is 17.8. The van der Waals surface area contributed by atoms with Gasteiger partial charge in [0.1, 0.15) is 0 Å². The summed E-state index contributed by atoms with van der Waals surface area (Å²) in [4.78, 5) is 38.3. The molecule has 1 aliphatic rings. The van der Waals surface area contributed by atoms with E-state index in [-0.39, 0.29) is 30.8 Å². The lowest BCUT2D eigenvalue weighted by molar-refractivity contribution is -0.137. The van der Waals surface area contributed by atoms with Gasteiger partial charge >= 0.3 is 12.0 Å². The molecule has 0 atom stereocenters. The van der Waals surface area contributed by atoms with Crippen molar-refractivity contribution in [1.29, 1.82) is 0 Å². The molecule has 24 heavy (non-hydrogen) atoms. The molecule has 1 aromatic rings. The fraction of sp³-hybridized carbons (Fsp3) is 0.471. The van der Waals surface area contributed by atoms with Crippen LogP contribution >= 0.6 is 0 Å². The van der Waals surface area contributed by atoms with Crippen LogP contribution in [0.1, 0.15) is 30.6 Å². The maximum atomic E-state index is 12.6. The van der Waals surface area contributed by atoms with Crippen molar-refractivity contribution in [1.82, 2.24) is 10.2 Å². The van der Waals surface area contributed by atoms with Gasteiger partial charge in [0.05, 0.1) is 6.42 Å². The van der Waals surface area contributed by atoms with E-state index in [2.05, 4.69) is 5.32 Å². The van der Waals surface area contributed by atoms with E-state index in [4.69, 9.17) is 5.11 Å². The highest BCUT2D eigenvalue weighted by molar-refractivity contribution is 5.97. The molecule has 0 aromatic heterocycles. The second kappa shape index (κ2) is 7.81. The van der Waals surface area contributed by atoms with Crippen molar-refractivity contribution in [3.63, 3.8) is 0 Å². The van der Waals surface area contributed by atoms with Crippen molar-refractivity contribution in [2.45, 2.75) is 20.3 Å². The molecule has 0 bridgehead atoms. The highest BCUT2D eigenvalue weighted by Crippen LogP contribution is 2.18. The van der Waals surface area contributed by atoms with Crippen LogP contribution in [0.4, 0.5) is 10.5 Å². The highest BCUT2D eigenvalue weighted by Gasteiger charge is 2.22. The molecule has 7 nitrogen and oxygen atoms in total. The molecule has 2 N–H and O–H groups in total. The Kier molecular flexibility index (Phi) is 5.78. The molecule has 0 aliphatic carbocycles. The summed E-state index contributed by atoms with van der Waals surface area (Å²) >= 11 is 0. The molecule has 1 aromatic carbocycles. The largest absolute Gasteiger partial charge is 0.481 e. The molecule has 1 heterocycles. The van der Waals surface area contributed by atoms with E-state index >= 15 is 0 Å². The zero-order valence-corrected chi connectivity index (χ0v) is 14.0. The van der Waals surface area contributed by atoms with E-state index in [0.717, 1.165) is 5.69 Å². The third kappa shape index (κ3) is 4.47. The van der Waals surface area contributed by atoms with Crippen molar-refractivity contribution in [2.75, 3.05) is 31.1 Å². The molecule has 0 spiro atoms. The third-order valence-electron chi connectivity index (χ3n) is 3.75. The molecular formula is C17H23N3O4. The van der Waals surface area contributed by atoms with Crippen LogP contribution in [0, 0.1) is 5.92 Å². The van der Waals surface area contributed by atoms with Gasteiger partial charge in [-0.3, -0.25) is 14.5 Å². The first-order valence-corrected chi connectivity index (χ1v) is 8.05. The molecule has 1 aliphatic heterocycles.